The van der Waals surface area contributed by atoms with E-state index in [1.807, 2.05) is 26.0 Å². The number of aromatic amines is 1. The summed E-state index contributed by atoms with van der Waals surface area (Å²) in [6.07, 6.45) is 4.96. The predicted molar refractivity (Wildman–Crippen MR) is 139 cm³/mol. The number of amides is 1. The van der Waals surface area contributed by atoms with Gasteiger partial charge in [-0.25, -0.2) is 8.42 Å². The number of aromatic nitrogens is 1. The number of furan rings is 1. The molecule has 0 unspecified atom stereocenters. The van der Waals surface area contributed by atoms with E-state index < -0.39 is 15.7 Å². The summed E-state index contributed by atoms with van der Waals surface area (Å²) in [6, 6.07) is 12.0. The van der Waals surface area contributed by atoms with Crippen LogP contribution in [-0.4, -0.2) is 43.3 Å². The molecular weight excluding hydrogens is 498 g/mol. The lowest BCUT2D eigenvalue weighted by Gasteiger charge is -2.32. The number of carbonyl (C=O) groups is 1. The fourth-order valence-electron chi connectivity index (χ4n) is 4.92. The number of aryl methyl sites for hydroxylation is 2. The van der Waals surface area contributed by atoms with Crippen molar-refractivity contribution in [2.24, 2.45) is 0 Å². The van der Waals surface area contributed by atoms with Gasteiger partial charge in [-0.2, -0.15) is 0 Å². The van der Waals surface area contributed by atoms with E-state index in [1.54, 1.807) is 42.9 Å². The van der Waals surface area contributed by atoms with Crippen LogP contribution < -0.4 is 5.32 Å². The van der Waals surface area contributed by atoms with E-state index in [9.17, 15) is 13.2 Å². The van der Waals surface area contributed by atoms with E-state index in [0.29, 0.717) is 15.9 Å². The number of carbonyl (C=O) groups excluding carboxylic acids is 1. The van der Waals surface area contributed by atoms with Crippen LogP contribution in [0.4, 0.5) is 0 Å². The molecule has 7 nitrogen and oxygen atoms in total. The minimum absolute atomic E-state index is 0.0345. The van der Waals surface area contributed by atoms with Crippen molar-refractivity contribution in [2.45, 2.75) is 49.1 Å². The molecule has 1 aliphatic heterocycles. The molecule has 2 N–H and O–H groups in total. The highest BCUT2D eigenvalue weighted by Crippen LogP contribution is 2.34. The maximum absolute atomic E-state index is 13.9. The van der Waals surface area contributed by atoms with Crippen molar-refractivity contribution in [3.05, 3.63) is 82.4 Å². The van der Waals surface area contributed by atoms with Gasteiger partial charge >= 0.3 is 0 Å². The summed E-state index contributed by atoms with van der Waals surface area (Å²) < 4.78 is 32.9. The van der Waals surface area contributed by atoms with Gasteiger partial charge in [0.05, 0.1) is 17.4 Å². The molecule has 5 rings (SSSR count). The zero-order valence-corrected chi connectivity index (χ0v) is 21.7. The van der Waals surface area contributed by atoms with E-state index in [1.165, 1.54) is 0 Å². The molecule has 0 radical (unpaired) electrons. The minimum Gasteiger partial charge on any atom is -0.472 e. The van der Waals surface area contributed by atoms with Crippen molar-refractivity contribution in [3.63, 3.8) is 0 Å². The van der Waals surface area contributed by atoms with Gasteiger partial charge in [-0.15, -0.1) is 0 Å². The number of hydrogen-bond acceptors (Lipinski definition) is 5. The fourth-order valence-corrected chi connectivity index (χ4v) is 6.88. The van der Waals surface area contributed by atoms with Gasteiger partial charge in [0.25, 0.3) is 5.91 Å². The van der Waals surface area contributed by atoms with Gasteiger partial charge in [0.1, 0.15) is 10.6 Å². The Morgan fingerprint density at radius 1 is 1.11 bits per heavy atom. The van der Waals surface area contributed by atoms with Crippen LogP contribution in [0, 0.1) is 13.8 Å². The number of halogens is 1. The maximum Gasteiger partial charge on any atom is 0.269 e. The Bertz CT molecular complexity index is 1500. The summed E-state index contributed by atoms with van der Waals surface area (Å²) >= 11 is 6.23. The Labute approximate surface area is 215 Å². The summed E-state index contributed by atoms with van der Waals surface area (Å²) in [6.45, 7) is 6.16. The van der Waals surface area contributed by atoms with Crippen LogP contribution in [0.3, 0.4) is 0 Å². The zero-order valence-electron chi connectivity index (χ0n) is 20.2. The average molecular weight is 526 g/mol. The van der Waals surface area contributed by atoms with Crippen LogP contribution in [0.5, 0.6) is 0 Å². The number of nitrogens with one attached hydrogen (secondary N) is 2. The van der Waals surface area contributed by atoms with Gasteiger partial charge in [-0.05, 0) is 74.2 Å². The summed E-state index contributed by atoms with van der Waals surface area (Å²) in [5.74, 6) is -0.432. The van der Waals surface area contributed by atoms with Crippen molar-refractivity contribution < 1.29 is 17.6 Å². The van der Waals surface area contributed by atoms with Gasteiger partial charge in [0, 0.05) is 47.2 Å². The predicted octanol–water partition coefficient (Wildman–Crippen LogP) is 5.26. The van der Waals surface area contributed by atoms with E-state index >= 15 is 0 Å². The molecule has 1 amide bonds. The van der Waals surface area contributed by atoms with E-state index in [0.717, 1.165) is 49.2 Å². The lowest BCUT2D eigenvalue weighted by Crippen LogP contribution is -2.44. The molecule has 0 spiro atoms. The highest BCUT2D eigenvalue weighted by atomic mass is 35.5. The second kappa shape index (κ2) is 9.76. The third kappa shape index (κ3) is 4.93. The number of fused-ring (bicyclic) bond motifs is 1. The van der Waals surface area contributed by atoms with Crippen LogP contribution >= 0.6 is 11.6 Å². The molecule has 0 saturated carbocycles. The van der Waals surface area contributed by atoms with E-state index in [-0.39, 0.29) is 21.5 Å². The molecule has 1 fully saturated rings. The molecule has 0 bridgehead atoms. The smallest absolute Gasteiger partial charge is 0.269 e. The Kier molecular flexibility index (Phi) is 6.68. The Balaban J connectivity index is 1.43. The lowest BCUT2D eigenvalue weighted by atomic mass is 10.0. The molecule has 1 saturated heterocycles. The SMILES string of the molecule is Cc1cc(C)cc(S(=O)(=O)c2c(C(=O)NC3CCN(Cc4ccoc4)CC3)[nH]c3ccc(Cl)cc23)c1. The number of likely N-dealkylation sites (tertiary alicyclic amines) is 1. The third-order valence-electron chi connectivity index (χ3n) is 6.62. The second-order valence-corrected chi connectivity index (χ2v) is 11.8. The number of rotatable bonds is 6. The normalized spacial score (nSPS) is 15.4. The van der Waals surface area contributed by atoms with E-state index in [2.05, 4.69) is 15.2 Å². The Morgan fingerprint density at radius 3 is 2.50 bits per heavy atom. The molecule has 4 aromatic rings. The second-order valence-electron chi connectivity index (χ2n) is 9.50. The van der Waals surface area contributed by atoms with Gasteiger partial charge < -0.3 is 14.7 Å². The van der Waals surface area contributed by atoms with Crippen LogP contribution in [0.25, 0.3) is 10.9 Å². The Hall–Kier alpha value is -3.07. The number of hydrogen-bond donors (Lipinski definition) is 2. The molecule has 2 aromatic heterocycles. The molecule has 36 heavy (non-hydrogen) atoms. The number of piperidine rings is 1. The summed E-state index contributed by atoms with van der Waals surface area (Å²) in [5, 5.41) is 3.87. The van der Waals surface area contributed by atoms with Crippen molar-refractivity contribution in [1.82, 2.24) is 15.2 Å². The molecular formula is C27H28ClN3O4S. The van der Waals surface area contributed by atoms with Crippen LogP contribution in [0.1, 0.15) is 40.0 Å². The average Bonchev–Trinajstić information content (AvgIpc) is 3.47. The maximum atomic E-state index is 13.9. The minimum atomic E-state index is -4.01. The molecule has 1 aliphatic rings. The van der Waals surface area contributed by atoms with E-state index in [4.69, 9.17) is 16.0 Å². The first-order valence-corrected chi connectivity index (χ1v) is 13.8. The number of H-pyrrole nitrogens is 1. The zero-order chi connectivity index (χ0) is 25.4. The molecule has 0 atom stereocenters. The summed E-state index contributed by atoms with van der Waals surface area (Å²) in [7, 11) is -4.01. The number of benzene rings is 2. The van der Waals surface area contributed by atoms with Crippen LogP contribution in [0.15, 0.2) is 69.2 Å². The fraction of sp³-hybridized carbons (Fsp3) is 0.296. The van der Waals surface area contributed by atoms with Gasteiger partial charge in [0.15, 0.2) is 0 Å². The molecule has 2 aromatic carbocycles. The first-order chi connectivity index (χ1) is 17.2. The lowest BCUT2D eigenvalue weighted by molar-refractivity contribution is 0.0901. The van der Waals surface area contributed by atoms with Crippen molar-refractivity contribution in [1.29, 1.82) is 0 Å². The van der Waals surface area contributed by atoms with Crippen molar-refractivity contribution >= 4 is 38.2 Å². The topological polar surface area (TPSA) is 95.4 Å². The Morgan fingerprint density at radius 2 is 1.83 bits per heavy atom. The van der Waals surface area contributed by atoms with Crippen molar-refractivity contribution in [2.75, 3.05) is 13.1 Å². The highest BCUT2D eigenvalue weighted by molar-refractivity contribution is 7.91. The van der Waals surface area contributed by atoms with Gasteiger partial charge in [-0.3, -0.25) is 9.69 Å². The number of sulfone groups is 1. The monoisotopic (exact) mass is 525 g/mol. The largest absolute Gasteiger partial charge is 0.472 e. The first-order valence-electron chi connectivity index (χ1n) is 11.9. The van der Waals surface area contributed by atoms with Crippen molar-refractivity contribution in [3.8, 4) is 0 Å². The van der Waals surface area contributed by atoms with Crippen LogP contribution in [-0.2, 0) is 16.4 Å². The van der Waals surface area contributed by atoms with Gasteiger partial charge in [0.2, 0.25) is 9.84 Å². The summed E-state index contributed by atoms with van der Waals surface area (Å²) in [5.41, 5.74) is 3.37. The quantitative estimate of drug-likeness (QED) is 0.358. The van der Waals surface area contributed by atoms with Gasteiger partial charge in [-0.1, -0.05) is 17.7 Å². The molecule has 188 valence electrons. The molecule has 9 heteroatoms. The molecule has 3 heterocycles. The standard InChI is InChI=1S/C27H28ClN3O4S/c1-17-11-18(2)13-22(12-17)36(33,34)26-23-14-20(28)3-4-24(23)30-25(26)27(32)29-21-5-8-31(9-6-21)15-19-7-10-35-16-19/h3-4,7,10-14,16,21,30H,5-6,8-9,15H2,1-2H3,(H,29,32). The summed E-state index contributed by atoms with van der Waals surface area (Å²) in [4.78, 5) is 19.0. The third-order valence-corrected chi connectivity index (χ3v) is 8.68. The molecule has 0 aliphatic carbocycles. The number of nitrogens with zero attached hydrogens (tertiary/aromatic N) is 1. The first kappa shape index (κ1) is 24.6. The highest BCUT2D eigenvalue weighted by Gasteiger charge is 2.31. The van der Waals surface area contributed by atoms with Crippen LogP contribution in [0.2, 0.25) is 5.02 Å².